The molecule has 0 radical (unpaired) electrons. The summed E-state index contributed by atoms with van der Waals surface area (Å²) >= 11 is 5.88. The van der Waals surface area contributed by atoms with Crippen molar-refractivity contribution in [1.82, 2.24) is 10.3 Å². The third-order valence-corrected chi connectivity index (χ3v) is 5.05. The molecule has 3 aromatic rings. The van der Waals surface area contributed by atoms with Crippen LogP contribution in [0.4, 0.5) is 6.01 Å². The normalized spacial score (nSPS) is 15.3. The molecule has 0 aliphatic carbocycles. The minimum atomic E-state index is 0.0305. The van der Waals surface area contributed by atoms with E-state index in [-0.39, 0.29) is 11.8 Å². The van der Waals surface area contributed by atoms with Gasteiger partial charge in [-0.3, -0.25) is 4.79 Å². The SMILES string of the molecule is O=C(NCc1ccc(Cl)cc1)C1CCN(c2nc3ccccc3o2)CC1. The largest absolute Gasteiger partial charge is 0.423 e. The first kappa shape index (κ1) is 16.9. The number of oxazole rings is 1. The molecular weight excluding hydrogens is 350 g/mol. The van der Waals surface area contributed by atoms with E-state index in [1.165, 1.54) is 0 Å². The van der Waals surface area contributed by atoms with Crippen molar-refractivity contribution >= 4 is 34.6 Å². The van der Waals surface area contributed by atoms with E-state index in [9.17, 15) is 4.79 Å². The number of benzene rings is 2. The van der Waals surface area contributed by atoms with E-state index in [0.29, 0.717) is 17.6 Å². The Bertz CT molecular complexity index is 866. The first-order valence-corrected chi connectivity index (χ1v) is 9.19. The number of rotatable bonds is 4. The number of nitrogens with one attached hydrogen (secondary N) is 1. The highest BCUT2D eigenvalue weighted by Crippen LogP contribution is 2.26. The molecule has 0 unspecified atom stereocenters. The van der Waals surface area contributed by atoms with Crippen LogP contribution in [0.5, 0.6) is 0 Å². The predicted molar refractivity (Wildman–Crippen MR) is 102 cm³/mol. The molecule has 2 heterocycles. The molecule has 6 heteroatoms. The molecule has 1 aliphatic heterocycles. The van der Waals surface area contributed by atoms with Crippen LogP contribution in [0.1, 0.15) is 18.4 Å². The molecule has 134 valence electrons. The van der Waals surface area contributed by atoms with Gasteiger partial charge in [-0.05, 0) is 42.7 Å². The lowest BCUT2D eigenvalue weighted by Gasteiger charge is -2.30. The molecule has 5 nitrogen and oxygen atoms in total. The number of hydrogen-bond donors (Lipinski definition) is 1. The number of carbonyl (C=O) groups is 1. The van der Waals surface area contributed by atoms with Crippen LogP contribution >= 0.6 is 11.6 Å². The molecule has 1 amide bonds. The fraction of sp³-hybridized carbons (Fsp3) is 0.300. The van der Waals surface area contributed by atoms with E-state index in [2.05, 4.69) is 15.2 Å². The molecule has 1 aliphatic rings. The van der Waals surface area contributed by atoms with Gasteiger partial charge in [0.25, 0.3) is 6.01 Å². The van der Waals surface area contributed by atoms with Crippen LogP contribution in [0, 0.1) is 5.92 Å². The summed E-state index contributed by atoms with van der Waals surface area (Å²) in [6, 6.07) is 15.9. The molecule has 2 aromatic carbocycles. The molecule has 0 bridgehead atoms. The lowest BCUT2D eigenvalue weighted by atomic mass is 9.96. The van der Waals surface area contributed by atoms with Gasteiger partial charge in [0.2, 0.25) is 5.91 Å². The number of nitrogens with zero attached hydrogens (tertiary/aromatic N) is 2. The van der Waals surface area contributed by atoms with Crippen molar-refractivity contribution in [3.63, 3.8) is 0 Å². The van der Waals surface area contributed by atoms with Crippen molar-refractivity contribution in [1.29, 1.82) is 0 Å². The topological polar surface area (TPSA) is 58.4 Å². The van der Waals surface area contributed by atoms with E-state index in [1.54, 1.807) is 0 Å². The lowest BCUT2D eigenvalue weighted by molar-refractivity contribution is -0.125. The van der Waals surface area contributed by atoms with Crippen LogP contribution in [-0.2, 0) is 11.3 Å². The second-order valence-electron chi connectivity index (χ2n) is 6.57. The van der Waals surface area contributed by atoms with Gasteiger partial charge in [0.05, 0.1) is 0 Å². The molecule has 4 rings (SSSR count). The van der Waals surface area contributed by atoms with E-state index in [1.807, 2.05) is 48.5 Å². The van der Waals surface area contributed by atoms with Crippen LogP contribution < -0.4 is 10.2 Å². The highest BCUT2D eigenvalue weighted by molar-refractivity contribution is 6.30. The Morgan fingerprint density at radius 3 is 2.62 bits per heavy atom. The summed E-state index contributed by atoms with van der Waals surface area (Å²) in [5.41, 5.74) is 2.71. The Morgan fingerprint density at radius 1 is 1.15 bits per heavy atom. The van der Waals surface area contributed by atoms with E-state index < -0.39 is 0 Å². The minimum absolute atomic E-state index is 0.0305. The summed E-state index contributed by atoms with van der Waals surface area (Å²) in [6.07, 6.45) is 1.59. The number of amides is 1. The standard InChI is InChI=1S/C20H20ClN3O2/c21-16-7-5-14(6-8-16)13-22-19(25)15-9-11-24(12-10-15)20-23-17-3-1-2-4-18(17)26-20/h1-8,15H,9-13H2,(H,22,25). The van der Waals surface area contributed by atoms with Crippen molar-refractivity contribution in [2.24, 2.45) is 5.92 Å². The Kier molecular flexibility index (Phi) is 4.80. The molecular formula is C20H20ClN3O2. The Morgan fingerprint density at radius 2 is 1.88 bits per heavy atom. The van der Waals surface area contributed by atoms with Gasteiger partial charge in [0.1, 0.15) is 5.52 Å². The van der Waals surface area contributed by atoms with Gasteiger partial charge in [-0.2, -0.15) is 4.98 Å². The van der Waals surface area contributed by atoms with Crippen LogP contribution in [-0.4, -0.2) is 24.0 Å². The maximum atomic E-state index is 12.4. The first-order valence-electron chi connectivity index (χ1n) is 8.82. The highest BCUT2D eigenvalue weighted by atomic mass is 35.5. The van der Waals surface area contributed by atoms with Gasteiger partial charge in [-0.25, -0.2) is 0 Å². The average Bonchev–Trinajstić information content (AvgIpc) is 3.12. The van der Waals surface area contributed by atoms with Gasteiger partial charge in [-0.1, -0.05) is 35.9 Å². The van der Waals surface area contributed by atoms with Gasteiger partial charge in [0.15, 0.2) is 5.58 Å². The minimum Gasteiger partial charge on any atom is -0.423 e. The first-order chi connectivity index (χ1) is 12.7. The molecule has 1 aromatic heterocycles. The Balaban J connectivity index is 1.31. The summed E-state index contributed by atoms with van der Waals surface area (Å²) < 4.78 is 5.82. The second-order valence-corrected chi connectivity index (χ2v) is 7.01. The summed E-state index contributed by atoms with van der Waals surface area (Å²) in [5, 5.41) is 3.73. The third kappa shape index (κ3) is 3.68. The van der Waals surface area contributed by atoms with E-state index in [4.69, 9.17) is 16.0 Å². The van der Waals surface area contributed by atoms with Crippen molar-refractivity contribution in [3.8, 4) is 0 Å². The van der Waals surface area contributed by atoms with Crippen molar-refractivity contribution < 1.29 is 9.21 Å². The predicted octanol–water partition coefficient (Wildman–Crippen LogP) is 4.01. The summed E-state index contributed by atoms with van der Waals surface area (Å²) in [7, 11) is 0. The molecule has 0 spiro atoms. The average molecular weight is 370 g/mol. The lowest BCUT2D eigenvalue weighted by Crippen LogP contribution is -2.40. The molecule has 0 saturated carbocycles. The number of fused-ring (bicyclic) bond motifs is 1. The fourth-order valence-electron chi connectivity index (χ4n) is 3.26. The van der Waals surface area contributed by atoms with E-state index >= 15 is 0 Å². The number of halogens is 1. The van der Waals surface area contributed by atoms with Gasteiger partial charge in [-0.15, -0.1) is 0 Å². The number of piperidine rings is 1. The summed E-state index contributed by atoms with van der Waals surface area (Å²) in [6.45, 7) is 2.07. The maximum absolute atomic E-state index is 12.4. The zero-order valence-corrected chi connectivity index (χ0v) is 15.1. The number of carbonyl (C=O) groups excluding carboxylic acids is 1. The number of para-hydroxylation sites is 2. The zero-order chi connectivity index (χ0) is 17.9. The van der Waals surface area contributed by atoms with Crippen molar-refractivity contribution in [2.45, 2.75) is 19.4 Å². The summed E-state index contributed by atoms with van der Waals surface area (Å²) in [5.74, 6) is 0.139. The fourth-order valence-corrected chi connectivity index (χ4v) is 3.39. The second kappa shape index (κ2) is 7.38. The zero-order valence-electron chi connectivity index (χ0n) is 14.3. The molecule has 0 atom stereocenters. The van der Waals surface area contributed by atoms with Crippen molar-refractivity contribution in [2.75, 3.05) is 18.0 Å². The molecule has 1 N–H and O–H groups in total. The van der Waals surface area contributed by atoms with Gasteiger partial charge in [0, 0.05) is 30.6 Å². The number of aromatic nitrogens is 1. The highest BCUT2D eigenvalue weighted by Gasteiger charge is 2.27. The smallest absolute Gasteiger partial charge is 0.298 e. The maximum Gasteiger partial charge on any atom is 0.298 e. The van der Waals surface area contributed by atoms with Crippen LogP contribution in [0.15, 0.2) is 52.9 Å². The molecule has 1 saturated heterocycles. The van der Waals surface area contributed by atoms with Gasteiger partial charge >= 0.3 is 0 Å². The van der Waals surface area contributed by atoms with E-state index in [0.717, 1.165) is 42.6 Å². The van der Waals surface area contributed by atoms with Crippen LogP contribution in [0.2, 0.25) is 5.02 Å². The third-order valence-electron chi connectivity index (χ3n) is 4.80. The molecule has 1 fully saturated rings. The Labute approximate surface area is 157 Å². The van der Waals surface area contributed by atoms with Crippen LogP contribution in [0.3, 0.4) is 0 Å². The van der Waals surface area contributed by atoms with Crippen molar-refractivity contribution in [3.05, 3.63) is 59.1 Å². The quantitative estimate of drug-likeness (QED) is 0.754. The van der Waals surface area contributed by atoms with Gasteiger partial charge < -0.3 is 14.6 Å². The number of anilines is 1. The van der Waals surface area contributed by atoms with Crippen LogP contribution in [0.25, 0.3) is 11.1 Å². The monoisotopic (exact) mass is 369 g/mol. The summed E-state index contributed by atoms with van der Waals surface area (Å²) in [4.78, 5) is 19.1. The molecule has 26 heavy (non-hydrogen) atoms. The Hall–Kier alpha value is -2.53. The number of hydrogen-bond acceptors (Lipinski definition) is 4.